The van der Waals surface area contributed by atoms with Gasteiger partial charge in [0, 0.05) is 36.4 Å². The second kappa shape index (κ2) is 14.1. The molecule has 3 unspecified atom stereocenters. The standard InChI is InChI=1S/C21H25N7O5S2.3ClH/c1-12(7-22)33-26-14(13-8-34-20(23)24-13)16(29)25-15-17(30)28-10-21(19(31)32,11-35-18(15)28)9-27-5-3-2-4-6-27;;;/h2-6,8,12,15,18H,7,9-11,22H2,1H3,(H3-,23,24,25,29,31,32);3*1H/t12?,15?,18-,21?;;;/m1.../s1. The molecular formula is C21H28Cl3N7O5S2. The van der Waals surface area contributed by atoms with Gasteiger partial charge in [0.2, 0.25) is 5.91 Å². The quantitative estimate of drug-likeness (QED) is 0.0982. The Kier molecular flexibility index (Phi) is 12.5. The Hall–Kier alpha value is -2.36. The van der Waals surface area contributed by atoms with Crippen LogP contribution in [0.5, 0.6) is 0 Å². The number of hydrogen-bond donors (Lipinski definition) is 4. The summed E-state index contributed by atoms with van der Waals surface area (Å²) in [5, 5.41) is 18.1. The van der Waals surface area contributed by atoms with E-state index in [0.717, 1.165) is 11.3 Å². The number of fused-ring (bicyclic) bond motifs is 1. The third-order valence-electron chi connectivity index (χ3n) is 5.78. The Morgan fingerprint density at radius 2 is 2.05 bits per heavy atom. The highest BCUT2D eigenvalue weighted by molar-refractivity contribution is 8.00. The summed E-state index contributed by atoms with van der Waals surface area (Å²) in [4.78, 5) is 49.1. The molecule has 2 saturated heterocycles. The number of halogens is 3. The second-order valence-electron chi connectivity index (χ2n) is 8.41. The average molecular weight is 629 g/mol. The first-order valence-electron chi connectivity index (χ1n) is 10.8. The lowest BCUT2D eigenvalue weighted by molar-refractivity contribution is -0.706. The maximum absolute atomic E-state index is 13.0. The molecule has 38 heavy (non-hydrogen) atoms. The normalized spacial score (nSPS) is 22.8. The summed E-state index contributed by atoms with van der Waals surface area (Å²) in [6.45, 7) is 2.16. The molecule has 0 saturated carbocycles. The number of nitrogens with one attached hydrogen (secondary N) is 1. The molecular weight excluding hydrogens is 601 g/mol. The number of hydrogen-bond acceptors (Lipinski definition) is 10. The highest BCUT2D eigenvalue weighted by Gasteiger charge is 2.59. The number of pyridine rings is 1. The van der Waals surface area contributed by atoms with Gasteiger partial charge in [-0.1, -0.05) is 11.2 Å². The Morgan fingerprint density at radius 1 is 1.37 bits per heavy atom. The summed E-state index contributed by atoms with van der Waals surface area (Å²) in [5.74, 6) is -1.69. The van der Waals surface area contributed by atoms with E-state index in [2.05, 4.69) is 15.5 Å². The molecule has 6 N–H and O–H groups in total. The van der Waals surface area contributed by atoms with Crippen LogP contribution in [0.2, 0.25) is 0 Å². The zero-order chi connectivity index (χ0) is 25.2. The van der Waals surface area contributed by atoms with E-state index in [0.29, 0.717) is 0 Å². The molecule has 0 bridgehead atoms. The summed E-state index contributed by atoms with van der Waals surface area (Å²) in [6.07, 6.45) is 3.15. The molecule has 2 fully saturated rings. The van der Waals surface area contributed by atoms with Gasteiger partial charge in [-0.25, -0.2) is 9.55 Å². The van der Waals surface area contributed by atoms with Crippen LogP contribution in [0, 0.1) is 5.41 Å². The maximum atomic E-state index is 13.0. The number of carboxylic acids is 1. The molecule has 2 aliphatic heterocycles. The van der Waals surface area contributed by atoms with Crippen LogP contribution in [0.25, 0.3) is 0 Å². The van der Waals surface area contributed by atoms with E-state index in [9.17, 15) is 19.5 Å². The molecule has 4 rings (SSSR count). The van der Waals surface area contributed by atoms with Gasteiger partial charge in [-0.3, -0.25) is 14.4 Å². The van der Waals surface area contributed by atoms with E-state index in [1.165, 1.54) is 16.7 Å². The summed E-state index contributed by atoms with van der Waals surface area (Å²) in [5.41, 5.74) is 10.2. The van der Waals surface area contributed by atoms with Crippen LogP contribution in [0.3, 0.4) is 0 Å². The van der Waals surface area contributed by atoms with Crippen LogP contribution in [0.4, 0.5) is 5.13 Å². The molecule has 2 aromatic rings. The van der Waals surface area contributed by atoms with E-state index < -0.39 is 29.4 Å². The third kappa shape index (κ3) is 6.98. The van der Waals surface area contributed by atoms with E-state index in [1.54, 1.807) is 29.3 Å². The van der Waals surface area contributed by atoms with Gasteiger partial charge in [-0.15, -0.1) is 47.9 Å². The van der Waals surface area contributed by atoms with Gasteiger partial charge in [0.15, 0.2) is 35.2 Å². The molecule has 0 aromatic carbocycles. The highest BCUT2D eigenvalue weighted by Crippen LogP contribution is 2.42. The molecule has 4 atom stereocenters. The van der Waals surface area contributed by atoms with Crippen LogP contribution in [-0.4, -0.2) is 74.8 Å². The van der Waals surface area contributed by atoms with E-state index in [4.69, 9.17) is 16.3 Å². The fraction of sp³-hybridized carbons (Fsp3) is 0.429. The molecule has 210 valence electrons. The number of aliphatic carboxylic acids is 1. The minimum Gasteiger partial charge on any atom is -1.00 e. The number of carbonyl (C=O) groups excluding carboxylic acids is 2. The van der Waals surface area contributed by atoms with Gasteiger partial charge in [0.25, 0.3) is 5.91 Å². The monoisotopic (exact) mass is 627 g/mol. The lowest BCUT2D eigenvalue weighted by atomic mass is 9.86. The first kappa shape index (κ1) is 33.7. The fourth-order valence-electron chi connectivity index (χ4n) is 3.81. The van der Waals surface area contributed by atoms with Gasteiger partial charge in [0.05, 0.1) is 0 Å². The molecule has 0 spiro atoms. The molecule has 12 nitrogen and oxygen atoms in total. The van der Waals surface area contributed by atoms with Crippen LogP contribution < -0.4 is 33.8 Å². The van der Waals surface area contributed by atoms with Crippen molar-refractivity contribution < 1.29 is 41.3 Å². The molecule has 4 heterocycles. The summed E-state index contributed by atoms with van der Waals surface area (Å²) in [7, 11) is 0. The van der Waals surface area contributed by atoms with Crippen molar-refractivity contribution in [3.63, 3.8) is 0 Å². The molecule has 17 heteroatoms. The number of amides is 2. The molecule has 0 aliphatic carbocycles. The topological polar surface area (TPSA) is 177 Å². The SMILES string of the molecule is CC(CN)ON=C(C(=O)NC1C(=O)N2CC(C[n+]3ccccc3)(C(=O)O)CS[C@H]12)c1csc(N)n1.Cl.Cl.[Cl-]. The molecule has 2 aliphatic rings. The van der Waals surface area contributed by atoms with Crippen molar-refractivity contribution in [3.8, 4) is 0 Å². The second-order valence-corrected chi connectivity index (χ2v) is 10.4. The maximum Gasteiger partial charge on any atom is 0.318 e. The van der Waals surface area contributed by atoms with Crippen LogP contribution in [0.1, 0.15) is 12.6 Å². The summed E-state index contributed by atoms with van der Waals surface area (Å²) in [6, 6.07) is 4.67. The van der Waals surface area contributed by atoms with Crippen molar-refractivity contribution >= 4 is 76.5 Å². The number of oxime groups is 1. The Balaban J connectivity index is 0.00000241. The zero-order valence-corrected chi connectivity index (χ0v) is 24.1. The van der Waals surface area contributed by atoms with Gasteiger partial charge in [-0.05, 0) is 6.92 Å². The Morgan fingerprint density at radius 3 is 2.63 bits per heavy atom. The predicted molar refractivity (Wildman–Crippen MR) is 144 cm³/mol. The lowest BCUT2D eigenvalue weighted by Crippen LogP contribution is -3.00. The van der Waals surface area contributed by atoms with Gasteiger partial charge < -0.3 is 44.0 Å². The largest absolute Gasteiger partial charge is 1.00 e. The van der Waals surface area contributed by atoms with Gasteiger partial charge in [0.1, 0.15) is 23.2 Å². The number of carbonyl (C=O) groups is 3. The number of rotatable bonds is 9. The number of β-lactam (4-membered cyclic amide) rings is 1. The minimum absolute atomic E-state index is 0. The number of thiazole rings is 1. The highest BCUT2D eigenvalue weighted by atomic mass is 35.5. The van der Waals surface area contributed by atoms with Crippen LogP contribution in [0.15, 0.2) is 41.1 Å². The van der Waals surface area contributed by atoms with E-state index >= 15 is 0 Å². The first-order valence-corrected chi connectivity index (χ1v) is 12.7. The van der Waals surface area contributed by atoms with Crippen molar-refractivity contribution in [2.45, 2.75) is 31.0 Å². The molecule has 2 aromatic heterocycles. The van der Waals surface area contributed by atoms with Crippen molar-refractivity contribution in [2.24, 2.45) is 16.3 Å². The first-order chi connectivity index (χ1) is 16.7. The number of aromatic nitrogens is 2. The Labute approximate surface area is 245 Å². The van der Waals surface area contributed by atoms with Crippen molar-refractivity contribution in [2.75, 3.05) is 24.6 Å². The summed E-state index contributed by atoms with van der Waals surface area (Å²) >= 11 is 2.47. The summed E-state index contributed by atoms with van der Waals surface area (Å²) < 4.78 is 1.79. The van der Waals surface area contributed by atoms with E-state index in [-0.39, 0.29) is 90.4 Å². The lowest BCUT2D eigenvalue weighted by Gasteiger charge is -2.53. The smallest absolute Gasteiger partial charge is 0.318 e. The number of carboxylic acid groups (broad SMARTS) is 1. The van der Waals surface area contributed by atoms with Crippen molar-refractivity contribution in [1.29, 1.82) is 0 Å². The number of anilines is 1. The van der Waals surface area contributed by atoms with Gasteiger partial charge in [-0.2, -0.15) is 0 Å². The molecule has 2 amide bonds. The van der Waals surface area contributed by atoms with E-state index in [1.807, 2.05) is 18.2 Å². The van der Waals surface area contributed by atoms with Crippen molar-refractivity contribution in [3.05, 3.63) is 41.7 Å². The number of nitrogens with two attached hydrogens (primary N) is 2. The Bertz CT molecular complexity index is 1160. The van der Waals surface area contributed by atoms with Gasteiger partial charge >= 0.3 is 5.97 Å². The third-order valence-corrected chi connectivity index (χ3v) is 8.04. The molecule has 0 radical (unpaired) electrons. The van der Waals surface area contributed by atoms with Crippen molar-refractivity contribution in [1.82, 2.24) is 15.2 Å². The number of nitrogens with zero attached hydrogens (tertiary/aromatic N) is 4. The zero-order valence-electron chi connectivity index (χ0n) is 20.1. The number of nitrogen functional groups attached to an aromatic ring is 1. The fourth-order valence-corrected chi connectivity index (χ4v) is 5.88. The van der Waals surface area contributed by atoms with Crippen LogP contribution in [-0.2, 0) is 25.8 Å². The van der Waals surface area contributed by atoms with Crippen LogP contribution >= 0.6 is 47.9 Å². The predicted octanol–water partition coefficient (Wildman–Crippen LogP) is -2.90. The minimum atomic E-state index is -1.14. The number of thioether (sulfide) groups is 1. The average Bonchev–Trinajstić information content (AvgIpc) is 3.28.